The minimum atomic E-state index is -3.69. The van der Waals surface area contributed by atoms with Crippen LogP contribution in [0.5, 0.6) is 0 Å². The molecule has 0 radical (unpaired) electrons. The summed E-state index contributed by atoms with van der Waals surface area (Å²) in [6.45, 7) is 7.27. The van der Waals surface area contributed by atoms with Gasteiger partial charge in [0.25, 0.3) is 15.9 Å². The summed E-state index contributed by atoms with van der Waals surface area (Å²) in [5.41, 5.74) is 1.14. The minimum absolute atomic E-state index is 0.00710. The lowest BCUT2D eigenvalue weighted by molar-refractivity contribution is 0.0622. The van der Waals surface area contributed by atoms with Gasteiger partial charge in [0.15, 0.2) is 0 Å². The van der Waals surface area contributed by atoms with Crippen LogP contribution in [0.2, 0.25) is 0 Å². The lowest BCUT2D eigenvalue weighted by Crippen LogP contribution is -2.45. The summed E-state index contributed by atoms with van der Waals surface area (Å²) >= 11 is 0. The van der Waals surface area contributed by atoms with E-state index >= 15 is 0 Å². The van der Waals surface area contributed by atoms with Crippen LogP contribution >= 0.6 is 0 Å². The Morgan fingerprint density at radius 3 is 2.30 bits per heavy atom. The van der Waals surface area contributed by atoms with E-state index in [1.807, 2.05) is 11.0 Å². The highest BCUT2D eigenvalue weighted by Crippen LogP contribution is 2.25. The smallest absolute Gasteiger partial charge is 0.264 e. The van der Waals surface area contributed by atoms with Gasteiger partial charge in [0.1, 0.15) is 0 Å². The molecule has 2 saturated heterocycles. The largest absolute Gasteiger partial charge is 0.338 e. The minimum Gasteiger partial charge on any atom is -0.338 e. The Kier molecular flexibility index (Phi) is 7.39. The predicted molar refractivity (Wildman–Crippen MR) is 132 cm³/mol. The van der Waals surface area contributed by atoms with Gasteiger partial charge in [0.2, 0.25) is 0 Å². The average Bonchev–Trinajstić information content (AvgIpc) is 2.85. The van der Waals surface area contributed by atoms with Crippen LogP contribution in [-0.2, 0) is 10.0 Å². The zero-order valence-corrected chi connectivity index (χ0v) is 20.5. The number of piperidine rings is 2. The van der Waals surface area contributed by atoms with E-state index in [2.05, 4.69) is 11.8 Å². The van der Waals surface area contributed by atoms with Crippen molar-refractivity contribution in [1.82, 2.24) is 9.80 Å². The van der Waals surface area contributed by atoms with Gasteiger partial charge in [-0.3, -0.25) is 9.10 Å². The molecule has 33 heavy (non-hydrogen) atoms. The van der Waals surface area contributed by atoms with Crippen molar-refractivity contribution < 1.29 is 13.2 Å². The molecule has 0 spiro atoms. The number of anilines is 1. The van der Waals surface area contributed by atoms with E-state index in [4.69, 9.17) is 0 Å². The number of para-hydroxylation sites is 1. The summed E-state index contributed by atoms with van der Waals surface area (Å²) < 4.78 is 27.3. The molecule has 0 aromatic heterocycles. The zero-order valence-electron chi connectivity index (χ0n) is 19.7. The van der Waals surface area contributed by atoms with Crippen molar-refractivity contribution in [3.8, 4) is 0 Å². The number of rotatable bonds is 6. The van der Waals surface area contributed by atoms with Crippen LogP contribution in [0.1, 0.15) is 43.0 Å². The molecule has 1 unspecified atom stereocenters. The lowest BCUT2D eigenvalue weighted by atomic mass is 9.94. The molecule has 6 nitrogen and oxygen atoms in total. The van der Waals surface area contributed by atoms with Crippen LogP contribution in [0.15, 0.2) is 59.5 Å². The van der Waals surface area contributed by atoms with Gasteiger partial charge in [-0.1, -0.05) is 25.1 Å². The first-order valence-corrected chi connectivity index (χ1v) is 13.4. The van der Waals surface area contributed by atoms with Gasteiger partial charge >= 0.3 is 0 Å². The number of likely N-dealkylation sites (tertiary alicyclic amines) is 2. The highest BCUT2D eigenvalue weighted by Gasteiger charge is 2.28. The fraction of sp³-hybridized carbons (Fsp3) is 0.500. The van der Waals surface area contributed by atoms with Gasteiger partial charge < -0.3 is 9.80 Å². The van der Waals surface area contributed by atoms with Gasteiger partial charge in [-0.2, -0.15) is 0 Å². The normalized spacial score (nSPS) is 20.5. The van der Waals surface area contributed by atoms with Crippen LogP contribution in [0.3, 0.4) is 0 Å². The second-order valence-corrected chi connectivity index (χ2v) is 11.5. The summed E-state index contributed by atoms with van der Waals surface area (Å²) in [7, 11) is -2.14. The van der Waals surface area contributed by atoms with Crippen LogP contribution in [0, 0.1) is 11.8 Å². The maximum absolute atomic E-state index is 13.1. The first-order chi connectivity index (χ1) is 15.8. The summed E-state index contributed by atoms with van der Waals surface area (Å²) in [6.07, 6.45) is 4.72. The number of sulfonamides is 1. The standard InChI is InChI=1S/C26H35N3O3S/c1-21-14-17-28(18-15-21)19-22-7-6-16-29(20-22)26(30)23-10-12-25(13-11-23)33(31,32)27(2)24-8-4-3-5-9-24/h3-5,8-13,21-22H,6-7,14-20H2,1-2H3. The first kappa shape index (κ1) is 23.8. The molecule has 7 heteroatoms. The maximum atomic E-state index is 13.1. The van der Waals surface area contributed by atoms with E-state index < -0.39 is 10.0 Å². The van der Waals surface area contributed by atoms with Gasteiger partial charge in [-0.25, -0.2) is 8.42 Å². The Balaban J connectivity index is 1.39. The first-order valence-electron chi connectivity index (χ1n) is 12.0. The van der Waals surface area contributed by atoms with Crippen molar-refractivity contribution in [2.24, 2.45) is 11.8 Å². The summed E-state index contributed by atoms with van der Waals surface area (Å²) in [6, 6.07) is 15.3. The highest BCUT2D eigenvalue weighted by atomic mass is 32.2. The number of hydrogen-bond acceptors (Lipinski definition) is 4. The molecule has 0 bridgehead atoms. The third-order valence-corrected chi connectivity index (χ3v) is 8.88. The third-order valence-electron chi connectivity index (χ3n) is 7.08. The van der Waals surface area contributed by atoms with Crippen LogP contribution in [-0.4, -0.2) is 63.9 Å². The van der Waals surface area contributed by atoms with Gasteiger partial charge in [-0.05, 0) is 87.0 Å². The number of nitrogens with zero attached hydrogens (tertiary/aromatic N) is 3. The molecule has 0 N–H and O–H groups in total. The molecule has 178 valence electrons. The molecule has 2 aliphatic heterocycles. The quantitative estimate of drug-likeness (QED) is 0.639. The Bertz CT molecular complexity index is 1030. The van der Waals surface area contributed by atoms with Crippen molar-refractivity contribution in [3.05, 3.63) is 60.2 Å². The third kappa shape index (κ3) is 5.58. The molecule has 0 aliphatic carbocycles. The molecule has 2 aromatic rings. The molecule has 1 amide bonds. The molecule has 1 atom stereocenters. The number of carbonyl (C=O) groups is 1. The number of hydrogen-bond donors (Lipinski definition) is 0. The topological polar surface area (TPSA) is 60.9 Å². The van der Waals surface area contributed by atoms with Crippen LogP contribution in [0.4, 0.5) is 5.69 Å². The fourth-order valence-corrected chi connectivity index (χ4v) is 6.09. The van der Waals surface area contributed by atoms with Gasteiger partial charge in [0.05, 0.1) is 10.6 Å². The van der Waals surface area contributed by atoms with E-state index in [9.17, 15) is 13.2 Å². The fourth-order valence-electron chi connectivity index (χ4n) is 4.90. The highest BCUT2D eigenvalue weighted by molar-refractivity contribution is 7.92. The summed E-state index contributed by atoms with van der Waals surface area (Å²) in [5, 5.41) is 0. The molecule has 4 rings (SSSR count). The van der Waals surface area contributed by atoms with Crippen molar-refractivity contribution in [2.45, 2.75) is 37.5 Å². The molecular formula is C26H35N3O3S. The Morgan fingerprint density at radius 1 is 0.970 bits per heavy atom. The Morgan fingerprint density at radius 2 is 1.64 bits per heavy atom. The number of amides is 1. The molecule has 0 saturated carbocycles. The SMILES string of the molecule is CC1CCN(CC2CCCN(C(=O)c3ccc(S(=O)(=O)N(C)c4ccccc4)cc3)C2)CC1. The average molecular weight is 470 g/mol. The second kappa shape index (κ2) is 10.3. The van der Waals surface area contributed by atoms with E-state index in [0.29, 0.717) is 17.2 Å². The van der Waals surface area contributed by atoms with Crippen molar-refractivity contribution in [1.29, 1.82) is 0 Å². The van der Waals surface area contributed by atoms with Crippen molar-refractivity contribution >= 4 is 21.6 Å². The van der Waals surface area contributed by atoms with E-state index in [0.717, 1.165) is 32.0 Å². The van der Waals surface area contributed by atoms with Crippen molar-refractivity contribution in [3.63, 3.8) is 0 Å². The number of carbonyl (C=O) groups excluding carboxylic acids is 1. The number of benzene rings is 2. The molecule has 2 aliphatic rings. The van der Waals surface area contributed by atoms with Gasteiger partial charge in [0, 0.05) is 32.2 Å². The van der Waals surface area contributed by atoms with E-state index in [-0.39, 0.29) is 10.8 Å². The summed E-state index contributed by atoms with van der Waals surface area (Å²) in [4.78, 5) is 17.8. The maximum Gasteiger partial charge on any atom is 0.264 e. The summed E-state index contributed by atoms with van der Waals surface area (Å²) in [5.74, 6) is 1.33. The van der Waals surface area contributed by atoms with Gasteiger partial charge in [-0.15, -0.1) is 0 Å². The van der Waals surface area contributed by atoms with E-state index in [1.54, 1.807) is 55.6 Å². The monoisotopic (exact) mass is 469 g/mol. The van der Waals surface area contributed by atoms with Crippen LogP contribution in [0.25, 0.3) is 0 Å². The van der Waals surface area contributed by atoms with E-state index in [1.165, 1.54) is 36.7 Å². The lowest BCUT2D eigenvalue weighted by Gasteiger charge is -2.38. The second-order valence-electron chi connectivity index (χ2n) is 9.58. The zero-order chi connectivity index (χ0) is 23.4. The molecule has 2 aromatic carbocycles. The van der Waals surface area contributed by atoms with Crippen molar-refractivity contribution in [2.75, 3.05) is 44.1 Å². The molecular weight excluding hydrogens is 434 g/mol. The molecule has 2 fully saturated rings. The Hall–Kier alpha value is -2.38. The molecule has 2 heterocycles. The van der Waals surface area contributed by atoms with Crippen LogP contribution < -0.4 is 4.31 Å². The Labute approximate surface area is 198 Å². The predicted octanol–water partition coefficient (Wildman–Crippen LogP) is 4.10.